The average Bonchev–Trinajstić information content (AvgIpc) is 3.25. The Balaban J connectivity index is 1.50. The van der Waals surface area contributed by atoms with E-state index in [1.165, 1.54) is 84.2 Å². The molecule has 110 valence electrons. The van der Waals surface area contributed by atoms with Gasteiger partial charge in [0.1, 0.15) is 0 Å². The summed E-state index contributed by atoms with van der Waals surface area (Å²) in [6, 6.07) is 0.961. The van der Waals surface area contributed by atoms with Gasteiger partial charge in [-0.1, -0.05) is 19.3 Å². The van der Waals surface area contributed by atoms with Crippen molar-refractivity contribution in [3.05, 3.63) is 0 Å². The molecule has 2 aliphatic carbocycles. The number of hydrogen-bond donors (Lipinski definition) is 1. The van der Waals surface area contributed by atoms with Crippen LogP contribution in [0.3, 0.4) is 0 Å². The predicted molar refractivity (Wildman–Crippen MR) is 80.5 cm³/mol. The van der Waals surface area contributed by atoms with Crippen LogP contribution in [0.2, 0.25) is 0 Å². The number of hydrogen-bond acceptors (Lipinski definition) is 3. The highest BCUT2D eigenvalue weighted by Gasteiger charge is 2.36. The molecule has 0 atom stereocenters. The smallest absolute Gasteiger partial charge is 0.0113 e. The van der Waals surface area contributed by atoms with Gasteiger partial charge in [-0.15, -0.1) is 0 Å². The van der Waals surface area contributed by atoms with E-state index >= 15 is 0 Å². The van der Waals surface area contributed by atoms with E-state index in [0.717, 1.165) is 6.04 Å². The Morgan fingerprint density at radius 2 is 1.68 bits per heavy atom. The van der Waals surface area contributed by atoms with Crippen molar-refractivity contribution in [1.29, 1.82) is 0 Å². The lowest BCUT2D eigenvalue weighted by molar-refractivity contribution is 0.0606. The highest BCUT2D eigenvalue weighted by atomic mass is 15.3. The van der Waals surface area contributed by atoms with Crippen LogP contribution >= 0.6 is 0 Å². The molecule has 1 saturated heterocycles. The maximum atomic E-state index is 3.47. The average molecular weight is 265 g/mol. The third-order valence-electron chi connectivity index (χ3n) is 5.50. The van der Waals surface area contributed by atoms with Crippen LogP contribution in [0.5, 0.6) is 0 Å². The number of rotatable bonds is 5. The molecule has 1 heterocycles. The van der Waals surface area contributed by atoms with Gasteiger partial charge in [0.05, 0.1) is 0 Å². The molecule has 3 fully saturated rings. The van der Waals surface area contributed by atoms with Crippen LogP contribution in [0.15, 0.2) is 0 Å². The maximum Gasteiger partial charge on any atom is 0.0113 e. The van der Waals surface area contributed by atoms with Crippen LogP contribution in [-0.4, -0.2) is 62.2 Å². The third kappa shape index (κ3) is 3.50. The van der Waals surface area contributed by atoms with Crippen molar-refractivity contribution in [3.63, 3.8) is 0 Å². The Hall–Kier alpha value is -0.120. The lowest BCUT2D eigenvalue weighted by Gasteiger charge is -2.44. The van der Waals surface area contributed by atoms with Crippen LogP contribution in [0.4, 0.5) is 0 Å². The van der Waals surface area contributed by atoms with E-state index in [1.54, 1.807) is 0 Å². The van der Waals surface area contributed by atoms with E-state index in [2.05, 4.69) is 22.2 Å². The van der Waals surface area contributed by atoms with Crippen molar-refractivity contribution in [2.75, 3.05) is 46.3 Å². The summed E-state index contributed by atoms with van der Waals surface area (Å²) in [5.74, 6) is 0. The number of piperazine rings is 1. The van der Waals surface area contributed by atoms with Gasteiger partial charge >= 0.3 is 0 Å². The number of nitrogens with zero attached hydrogens (tertiary/aromatic N) is 2. The molecule has 0 aromatic carbocycles. The van der Waals surface area contributed by atoms with Gasteiger partial charge in [-0.05, 0) is 38.1 Å². The summed E-state index contributed by atoms with van der Waals surface area (Å²) in [5.41, 5.74) is 0.578. The van der Waals surface area contributed by atoms with Gasteiger partial charge in [0.15, 0.2) is 0 Å². The summed E-state index contributed by atoms with van der Waals surface area (Å²) in [5, 5.41) is 3.47. The standard InChI is InChI=1S/C16H31N3/c1-17-13-16(7-3-2-4-8-16)14-18-9-11-19(12-10-18)15-5-6-15/h15,17H,2-14H2,1H3. The lowest BCUT2D eigenvalue weighted by Crippen LogP contribution is -2.52. The maximum absolute atomic E-state index is 3.47. The first kappa shape index (κ1) is 13.8. The topological polar surface area (TPSA) is 18.5 Å². The first-order chi connectivity index (χ1) is 9.31. The summed E-state index contributed by atoms with van der Waals surface area (Å²) < 4.78 is 0. The minimum absolute atomic E-state index is 0.578. The zero-order valence-corrected chi connectivity index (χ0v) is 12.7. The van der Waals surface area contributed by atoms with Gasteiger partial charge in [-0.2, -0.15) is 0 Å². The summed E-state index contributed by atoms with van der Waals surface area (Å²) in [6.45, 7) is 7.81. The molecule has 0 amide bonds. The van der Waals surface area contributed by atoms with E-state index in [-0.39, 0.29) is 0 Å². The molecule has 3 heteroatoms. The zero-order chi connectivity index (χ0) is 13.1. The Morgan fingerprint density at radius 1 is 1.00 bits per heavy atom. The van der Waals surface area contributed by atoms with Gasteiger partial charge in [0.2, 0.25) is 0 Å². The SMILES string of the molecule is CNCC1(CN2CCN(C3CC3)CC2)CCCCC1. The summed E-state index contributed by atoms with van der Waals surface area (Å²) in [6.07, 6.45) is 10.2. The summed E-state index contributed by atoms with van der Waals surface area (Å²) in [7, 11) is 2.13. The highest BCUT2D eigenvalue weighted by molar-refractivity contribution is 4.91. The first-order valence-electron chi connectivity index (χ1n) is 8.42. The van der Waals surface area contributed by atoms with Crippen LogP contribution in [0.25, 0.3) is 0 Å². The lowest BCUT2D eigenvalue weighted by atomic mass is 9.73. The Bertz CT molecular complexity index is 268. The quantitative estimate of drug-likeness (QED) is 0.819. The molecule has 0 spiro atoms. The van der Waals surface area contributed by atoms with E-state index in [0.29, 0.717) is 5.41 Å². The van der Waals surface area contributed by atoms with E-state index < -0.39 is 0 Å². The molecule has 3 aliphatic rings. The predicted octanol–water partition coefficient (Wildman–Crippen LogP) is 1.94. The fraction of sp³-hybridized carbons (Fsp3) is 1.00. The molecule has 0 aromatic heterocycles. The molecule has 0 aromatic rings. The fourth-order valence-corrected chi connectivity index (χ4v) is 4.27. The molecule has 3 nitrogen and oxygen atoms in total. The second-order valence-corrected chi connectivity index (χ2v) is 7.13. The molecule has 2 saturated carbocycles. The molecule has 0 radical (unpaired) electrons. The molecule has 0 bridgehead atoms. The van der Waals surface area contributed by atoms with E-state index in [9.17, 15) is 0 Å². The normalized spacial score (nSPS) is 29.5. The van der Waals surface area contributed by atoms with Gasteiger partial charge in [-0.25, -0.2) is 0 Å². The van der Waals surface area contributed by atoms with Crippen LogP contribution in [-0.2, 0) is 0 Å². The molecular formula is C16H31N3. The summed E-state index contributed by atoms with van der Waals surface area (Å²) >= 11 is 0. The van der Waals surface area contributed by atoms with Crippen molar-refractivity contribution in [3.8, 4) is 0 Å². The van der Waals surface area contributed by atoms with Crippen molar-refractivity contribution < 1.29 is 0 Å². The van der Waals surface area contributed by atoms with Crippen molar-refractivity contribution in [2.24, 2.45) is 5.41 Å². The molecule has 1 aliphatic heterocycles. The van der Waals surface area contributed by atoms with Crippen LogP contribution < -0.4 is 5.32 Å². The van der Waals surface area contributed by atoms with Crippen LogP contribution in [0.1, 0.15) is 44.9 Å². The highest BCUT2D eigenvalue weighted by Crippen LogP contribution is 2.37. The van der Waals surface area contributed by atoms with Gasteiger partial charge in [0, 0.05) is 45.3 Å². The molecular weight excluding hydrogens is 234 g/mol. The fourth-order valence-electron chi connectivity index (χ4n) is 4.27. The second kappa shape index (κ2) is 6.11. The minimum atomic E-state index is 0.578. The minimum Gasteiger partial charge on any atom is -0.319 e. The Morgan fingerprint density at radius 3 is 2.26 bits per heavy atom. The molecule has 1 N–H and O–H groups in total. The van der Waals surface area contributed by atoms with E-state index in [4.69, 9.17) is 0 Å². The molecule has 19 heavy (non-hydrogen) atoms. The van der Waals surface area contributed by atoms with Gasteiger partial charge in [-0.3, -0.25) is 4.90 Å². The second-order valence-electron chi connectivity index (χ2n) is 7.13. The third-order valence-corrected chi connectivity index (χ3v) is 5.50. The van der Waals surface area contributed by atoms with Gasteiger partial charge < -0.3 is 10.2 Å². The molecule has 0 unspecified atom stereocenters. The zero-order valence-electron chi connectivity index (χ0n) is 12.7. The van der Waals surface area contributed by atoms with Crippen molar-refractivity contribution in [1.82, 2.24) is 15.1 Å². The van der Waals surface area contributed by atoms with Gasteiger partial charge in [0.25, 0.3) is 0 Å². The Kier molecular flexibility index (Phi) is 4.45. The number of nitrogens with one attached hydrogen (secondary N) is 1. The Labute approximate surface area is 118 Å². The van der Waals surface area contributed by atoms with E-state index in [1.807, 2.05) is 0 Å². The first-order valence-corrected chi connectivity index (χ1v) is 8.42. The largest absolute Gasteiger partial charge is 0.319 e. The van der Waals surface area contributed by atoms with Crippen molar-refractivity contribution >= 4 is 0 Å². The summed E-state index contributed by atoms with van der Waals surface area (Å²) in [4.78, 5) is 5.48. The van der Waals surface area contributed by atoms with Crippen molar-refractivity contribution in [2.45, 2.75) is 51.0 Å². The monoisotopic (exact) mass is 265 g/mol. The molecule has 3 rings (SSSR count). The van der Waals surface area contributed by atoms with Crippen LogP contribution in [0, 0.1) is 5.41 Å².